The summed E-state index contributed by atoms with van der Waals surface area (Å²) < 4.78 is 10.3. The number of fused-ring (bicyclic) bond motifs is 1. The van der Waals surface area contributed by atoms with Gasteiger partial charge in [-0.1, -0.05) is 10.7 Å². The van der Waals surface area contributed by atoms with Crippen molar-refractivity contribution < 1.29 is 29.0 Å². The molecule has 6 heteroatoms. The van der Waals surface area contributed by atoms with Crippen LogP contribution in [0, 0.1) is 13.0 Å². The molecule has 0 amide bonds. The summed E-state index contributed by atoms with van der Waals surface area (Å²) in [6, 6.07) is 6.52. The van der Waals surface area contributed by atoms with Gasteiger partial charge in [-0.2, -0.15) is 0 Å². The quantitative estimate of drug-likeness (QED) is 0.593. The van der Waals surface area contributed by atoms with Crippen LogP contribution in [0.2, 0.25) is 0 Å². The molecule has 0 spiro atoms. The second-order valence-electron chi connectivity index (χ2n) is 3.08. The number of hydrogen-bond donors (Lipinski definition) is 0. The molecular weight excluding hydrogens is 386 g/mol. The van der Waals surface area contributed by atoms with Gasteiger partial charge in [0, 0.05) is 32.5 Å². The molecule has 0 aliphatic carbocycles. The summed E-state index contributed by atoms with van der Waals surface area (Å²) in [5, 5.41) is 3.53. The number of benzene rings is 1. The monoisotopic (exact) mass is 393 g/mol. The van der Waals surface area contributed by atoms with Crippen LogP contribution in [0.1, 0.15) is 5.89 Å². The number of oxazole rings is 1. The molecule has 16 heavy (non-hydrogen) atoms. The van der Waals surface area contributed by atoms with Crippen LogP contribution in [0.4, 0.5) is 0 Å². The van der Waals surface area contributed by atoms with Crippen LogP contribution in [0.3, 0.4) is 0 Å². The minimum atomic E-state index is 0. The van der Waals surface area contributed by atoms with Gasteiger partial charge in [0.15, 0.2) is 11.8 Å². The maximum atomic E-state index is 5.33. The normalized spacial score (nSPS) is 10.3. The maximum Gasteiger partial charge on any atom is 0.180 e. The van der Waals surface area contributed by atoms with Crippen molar-refractivity contribution in [3.05, 3.63) is 30.4 Å². The predicted molar refractivity (Wildman–Crippen MR) is 50.9 cm³/mol. The number of aryl methyl sites for hydroxylation is 1. The first-order valence-corrected chi connectivity index (χ1v) is 4.39. The molecule has 83 valence electrons. The molecule has 0 aliphatic heterocycles. The average molecular weight is 392 g/mol. The van der Waals surface area contributed by atoms with Gasteiger partial charge >= 0.3 is 0 Å². The molecule has 0 saturated heterocycles. The molecule has 2 aromatic heterocycles. The van der Waals surface area contributed by atoms with E-state index in [9.17, 15) is 0 Å². The summed E-state index contributed by atoms with van der Waals surface area (Å²) in [6.45, 7) is 1.80. The molecule has 0 unspecified atom stereocenters. The van der Waals surface area contributed by atoms with E-state index in [1.807, 2.05) is 0 Å². The first kappa shape index (κ1) is 11.0. The van der Waals surface area contributed by atoms with Crippen LogP contribution in [-0.2, 0) is 20.1 Å². The maximum absolute atomic E-state index is 5.33. The Hall–Kier alpha value is -1.52. The van der Waals surface area contributed by atoms with E-state index in [4.69, 9.17) is 8.94 Å². The van der Waals surface area contributed by atoms with Crippen molar-refractivity contribution in [2.45, 2.75) is 6.92 Å². The fourth-order valence-electron chi connectivity index (χ4n) is 1.40. The van der Waals surface area contributed by atoms with Crippen LogP contribution in [0.25, 0.3) is 22.6 Å². The van der Waals surface area contributed by atoms with Gasteiger partial charge in [0.2, 0.25) is 0 Å². The summed E-state index contributed by atoms with van der Waals surface area (Å²) in [5.74, 6) is 1.05. The Kier molecular flexibility index (Phi) is 2.85. The second kappa shape index (κ2) is 4.15. The fourth-order valence-corrected chi connectivity index (χ4v) is 1.40. The van der Waals surface area contributed by atoms with E-state index in [2.05, 4.69) is 21.2 Å². The number of nitrogens with zero attached hydrogens (tertiary/aromatic N) is 3. The molecule has 3 aromatic rings. The van der Waals surface area contributed by atoms with E-state index in [0.29, 0.717) is 22.9 Å². The fraction of sp³-hybridized carbons (Fsp3) is 0.100. The Morgan fingerprint density at radius 2 is 2.25 bits per heavy atom. The largest absolute Gasteiger partial charge is 0.488 e. The van der Waals surface area contributed by atoms with Crippen LogP contribution in [0.5, 0.6) is 0 Å². The number of rotatable bonds is 1. The first-order valence-electron chi connectivity index (χ1n) is 4.39. The molecule has 0 N–H and O–H groups in total. The van der Waals surface area contributed by atoms with Gasteiger partial charge in [-0.15, -0.1) is 18.2 Å². The Morgan fingerprint density at radius 3 is 3.00 bits per heavy atom. The zero-order valence-corrected chi connectivity index (χ0v) is 10.6. The van der Waals surface area contributed by atoms with Gasteiger partial charge in [0.05, 0.1) is 5.58 Å². The van der Waals surface area contributed by atoms with E-state index in [1.54, 1.807) is 19.1 Å². The summed E-state index contributed by atoms with van der Waals surface area (Å²) in [5.41, 5.74) is 2.18. The summed E-state index contributed by atoms with van der Waals surface area (Å²) in [4.78, 5) is 8.14. The molecule has 1 radical (unpaired) electrons. The summed E-state index contributed by atoms with van der Waals surface area (Å²) in [6.07, 6.45) is 1.35. The van der Waals surface area contributed by atoms with Crippen LogP contribution in [0.15, 0.2) is 27.4 Å². The Balaban J connectivity index is 0.000000963. The van der Waals surface area contributed by atoms with Crippen molar-refractivity contribution in [2.24, 2.45) is 0 Å². The molecule has 1 aromatic carbocycles. The predicted octanol–water partition coefficient (Wildman–Crippen LogP) is 1.98. The van der Waals surface area contributed by atoms with Crippen molar-refractivity contribution >= 4 is 11.1 Å². The van der Waals surface area contributed by atoms with Gasteiger partial charge in [-0.3, -0.25) is 0 Å². The third-order valence-corrected chi connectivity index (χ3v) is 2.02. The van der Waals surface area contributed by atoms with Crippen LogP contribution >= 0.6 is 0 Å². The third kappa shape index (κ3) is 1.77. The van der Waals surface area contributed by atoms with Gasteiger partial charge < -0.3 is 8.94 Å². The van der Waals surface area contributed by atoms with Gasteiger partial charge in [0.1, 0.15) is 6.33 Å². The zero-order chi connectivity index (χ0) is 10.3. The average Bonchev–Trinajstić information content (AvgIpc) is 2.82. The number of aromatic nitrogens is 3. The summed E-state index contributed by atoms with van der Waals surface area (Å²) >= 11 is 0. The van der Waals surface area contributed by atoms with Crippen molar-refractivity contribution in [2.75, 3.05) is 0 Å². The molecule has 0 saturated carbocycles. The molecule has 3 rings (SSSR count). The van der Waals surface area contributed by atoms with Crippen molar-refractivity contribution in [1.29, 1.82) is 0 Å². The van der Waals surface area contributed by atoms with E-state index >= 15 is 0 Å². The third-order valence-electron chi connectivity index (χ3n) is 2.02. The minimum Gasteiger partial charge on any atom is -0.488 e. The molecule has 2 heterocycles. The van der Waals surface area contributed by atoms with Crippen molar-refractivity contribution in [3.63, 3.8) is 0 Å². The zero-order valence-electron chi connectivity index (χ0n) is 8.22. The molecule has 0 atom stereocenters. The van der Waals surface area contributed by atoms with E-state index in [1.165, 1.54) is 6.33 Å². The molecule has 0 fully saturated rings. The second-order valence-corrected chi connectivity index (χ2v) is 3.08. The van der Waals surface area contributed by atoms with Crippen LogP contribution in [-0.4, -0.2) is 15.1 Å². The van der Waals surface area contributed by atoms with E-state index in [0.717, 1.165) is 5.52 Å². The van der Waals surface area contributed by atoms with Gasteiger partial charge in [0.25, 0.3) is 0 Å². The standard InChI is InChI=1S/C10H6N3O2.Ir/c1-6-13-8-4-7(2-3-9(8)14-6)10-11-5-12-15-10;/h3-5H,1H3;/q-1;. The van der Waals surface area contributed by atoms with Gasteiger partial charge in [-0.25, -0.2) is 9.97 Å². The number of hydrogen-bond acceptors (Lipinski definition) is 5. The smallest absolute Gasteiger partial charge is 0.180 e. The van der Waals surface area contributed by atoms with Crippen LogP contribution < -0.4 is 0 Å². The molecule has 0 aliphatic rings. The van der Waals surface area contributed by atoms with Gasteiger partial charge in [-0.05, 0) is 0 Å². The Bertz CT molecular complexity index is 604. The molecule has 5 nitrogen and oxygen atoms in total. The minimum absolute atomic E-state index is 0. The molecular formula is C10H6IrN3O2-. The van der Waals surface area contributed by atoms with E-state index < -0.39 is 0 Å². The first-order chi connectivity index (χ1) is 7.33. The Morgan fingerprint density at radius 1 is 1.38 bits per heavy atom. The topological polar surface area (TPSA) is 65.0 Å². The Labute approximate surface area is 104 Å². The van der Waals surface area contributed by atoms with Crippen molar-refractivity contribution in [1.82, 2.24) is 15.1 Å². The SMILES string of the molecule is Cc1nc2cc(-c3ncno3)[c-]cc2o1.[Ir]. The molecule has 0 bridgehead atoms. The van der Waals surface area contributed by atoms with E-state index in [-0.39, 0.29) is 20.1 Å². The van der Waals surface area contributed by atoms with Crippen molar-refractivity contribution in [3.8, 4) is 11.5 Å². The summed E-state index contributed by atoms with van der Waals surface area (Å²) in [7, 11) is 0.